The van der Waals surface area contributed by atoms with Gasteiger partial charge in [-0.2, -0.15) is 0 Å². The van der Waals surface area contributed by atoms with Crippen LogP contribution in [0, 0.1) is 11.8 Å². The number of carbonyl (C=O) groups is 1. The van der Waals surface area contributed by atoms with Crippen molar-refractivity contribution >= 4 is 5.78 Å². The van der Waals surface area contributed by atoms with Crippen molar-refractivity contribution in [3.8, 4) is 0 Å². The van der Waals surface area contributed by atoms with Gasteiger partial charge in [0.2, 0.25) is 5.92 Å². The number of alkyl halides is 2. The molecule has 0 aromatic rings. The molecule has 0 aromatic heterocycles. The highest BCUT2D eigenvalue weighted by Crippen LogP contribution is 2.39. The average Bonchev–Trinajstić information content (AvgIpc) is 2.52. The molecule has 2 rings (SSSR count). The molecule has 0 radical (unpaired) electrons. The molecule has 2 aliphatic carbocycles. The van der Waals surface area contributed by atoms with Crippen molar-refractivity contribution in [2.75, 3.05) is 0 Å². The van der Waals surface area contributed by atoms with E-state index in [1.165, 1.54) is 0 Å². The molecule has 19 heavy (non-hydrogen) atoms. The molecule has 2 aliphatic rings. The highest BCUT2D eigenvalue weighted by molar-refractivity contribution is 5.82. The van der Waals surface area contributed by atoms with E-state index in [9.17, 15) is 13.6 Å². The lowest BCUT2D eigenvalue weighted by Gasteiger charge is -2.30. The Kier molecular flexibility index (Phi) is 4.93. The standard InChI is InChI=1S/C15H25F2NO/c16-15(17)8-4-5-11(10-15)9-14(19)12-6-2-1-3-7-13(12)18/h11-13H,1-10,18H2. The Labute approximate surface area is 114 Å². The van der Waals surface area contributed by atoms with Gasteiger partial charge in [-0.05, 0) is 31.6 Å². The SMILES string of the molecule is NC1CCCCCC1C(=O)CC1CCCC(F)(F)C1. The molecule has 3 atom stereocenters. The van der Waals surface area contributed by atoms with Gasteiger partial charge in [-0.3, -0.25) is 4.79 Å². The van der Waals surface area contributed by atoms with Gasteiger partial charge in [-0.25, -0.2) is 8.78 Å². The molecule has 4 heteroatoms. The van der Waals surface area contributed by atoms with Crippen LogP contribution in [0.5, 0.6) is 0 Å². The smallest absolute Gasteiger partial charge is 0.248 e. The van der Waals surface area contributed by atoms with Crippen molar-refractivity contribution in [3.63, 3.8) is 0 Å². The lowest BCUT2D eigenvalue weighted by atomic mass is 9.79. The largest absolute Gasteiger partial charge is 0.327 e. The molecule has 2 saturated carbocycles. The molecule has 0 amide bonds. The number of ketones is 1. The zero-order valence-corrected chi connectivity index (χ0v) is 11.5. The number of Topliss-reactive ketones (excluding diaryl/α,β-unsaturated/α-hetero) is 1. The average molecular weight is 273 g/mol. The van der Waals surface area contributed by atoms with Gasteiger partial charge in [0.25, 0.3) is 0 Å². The van der Waals surface area contributed by atoms with E-state index in [2.05, 4.69) is 0 Å². The third-order valence-electron chi connectivity index (χ3n) is 4.72. The zero-order chi connectivity index (χ0) is 13.9. The van der Waals surface area contributed by atoms with E-state index in [0.717, 1.165) is 38.5 Å². The van der Waals surface area contributed by atoms with Crippen molar-refractivity contribution in [2.24, 2.45) is 17.6 Å². The molecule has 2 nitrogen and oxygen atoms in total. The zero-order valence-electron chi connectivity index (χ0n) is 11.5. The predicted molar refractivity (Wildman–Crippen MR) is 71.1 cm³/mol. The quantitative estimate of drug-likeness (QED) is 0.797. The van der Waals surface area contributed by atoms with Crippen molar-refractivity contribution in [1.82, 2.24) is 0 Å². The van der Waals surface area contributed by atoms with Crippen LogP contribution < -0.4 is 5.73 Å². The third kappa shape index (κ3) is 4.23. The van der Waals surface area contributed by atoms with Crippen LogP contribution in [0.25, 0.3) is 0 Å². The van der Waals surface area contributed by atoms with E-state index in [4.69, 9.17) is 5.73 Å². The number of rotatable bonds is 3. The molecule has 110 valence electrons. The van der Waals surface area contributed by atoms with Crippen LogP contribution in [-0.4, -0.2) is 17.7 Å². The summed E-state index contributed by atoms with van der Waals surface area (Å²) in [5.41, 5.74) is 6.07. The Balaban J connectivity index is 1.89. The fourth-order valence-corrected chi connectivity index (χ4v) is 3.62. The summed E-state index contributed by atoms with van der Waals surface area (Å²) in [6, 6.07) is -0.0564. The maximum atomic E-state index is 13.4. The van der Waals surface area contributed by atoms with Crippen molar-refractivity contribution in [2.45, 2.75) is 76.2 Å². The Bertz CT molecular complexity index is 319. The fourth-order valence-electron chi connectivity index (χ4n) is 3.62. The molecule has 0 saturated heterocycles. The van der Waals surface area contributed by atoms with Crippen LogP contribution in [0.4, 0.5) is 8.78 Å². The Morgan fingerprint density at radius 3 is 2.58 bits per heavy atom. The summed E-state index contributed by atoms with van der Waals surface area (Å²) in [6.07, 6.45) is 6.52. The molecule has 0 spiro atoms. The van der Waals surface area contributed by atoms with Crippen LogP contribution in [0.2, 0.25) is 0 Å². The Morgan fingerprint density at radius 2 is 1.84 bits per heavy atom. The van der Waals surface area contributed by atoms with E-state index in [1.54, 1.807) is 0 Å². The maximum absolute atomic E-state index is 13.4. The number of hydrogen-bond donors (Lipinski definition) is 1. The van der Waals surface area contributed by atoms with Crippen LogP contribution >= 0.6 is 0 Å². The van der Waals surface area contributed by atoms with Gasteiger partial charge in [-0.15, -0.1) is 0 Å². The van der Waals surface area contributed by atoms with Gasteiger partial charge >= 0.3 is 0 Å². The van der Waals surface area contributed by atoms with E-state index >= 15 is 0 Å². The summed E-state index contributed by atoms with van der Waals surface area (Å²) >= 11 is 0. The highest BCUT2D eigenvalue weighted by Gasteiger charge is 2.38. The van der Waals surface area contributed by atoms with Crippen molar-refractivity contribution in [1.29, 1.82) is 0 Å². The summed E-state index contributed by atoms with van der Waals surface area (Å²) in [5, 5.41) is 0. The molecule has 2 N–H and O–H groups in total. The lowest BCUT2D eigenvalue weighted by molar-refractivity contribution is -0.126. The van der Waals surface area contributed by atoms with E-state index in [1.807, 2.05) is 0 Å². The highest BCUT2D eigenvalue weighted by atomic mass is 19.3. The minimum atomic E-state index is -2.56. The van der Waals surface area contributed by atoms with Gasteiger partial charge in [0.15, 0.2) is 0 Å². The molecular weight excluding hydrogens is 248 g/mol. The topological polar surface area (TPSA) is 43.1 Å². The first-order valence-corrected chi connectivity index (χ1v) is 7.64. The molecule has 2 fully saturated rings. The number of carbonyl (C=O) groups excluding carboxylic acids is 1. The van der Waals surface area contributed by atoms with E-state index in [0.29, 0.717) is 12.8 Å². The fraction of sp³-hybridized carbons (Fsp3) is 0.933. The molecule has 0 aliphatic heterocycles. The monoisotopic (exact) mass is 273 g/mol. The van der Waals surface area contributed by atoms with Gasteiger partial charge < -0.3 is 5.73 Å². The summed E-state index contributed by atoms with van der Waals surface area (Å²) in [5.74, 6) is -2.64. The minimum Gasteiger partial charge on any atom is -0.327 e. The molecule has 0 aromatic carbocycles. The van der Waals surface area contributed by atoms with Gasteiger partial charge in [-0.1, -0.05) is 19.3 Å². The first-order valence-electron chi connectivity index (χ1n) is 7.64. The van der Waals surface area contributed by atoms with E-state index in [-0.39, 0.29) is 36.5 Å². The van der Waals surface area contributed by atoms with Gasteiger partial charge in [0.1, 0.15) is 5.78 Å². The number of hydrogen-bond acceptors (Lipinski definition) is 2. The van der Waals surface area contributed by atoms with Crippen LogP contribution in [0.1, 0.15) is 64.2 Å². The lowest BCUT2D eigenvalue weighted by Crippen LogP contribution is -2.36. The Hall–Kier alpha value is -0.510. The molecule has 0 heterocycles. The van der Waals surface area contributed by atoms with E-state index < -0.39 is 5.92 Å². The predicted octanol–water partition coefficient (Wildman–Crippen LogP) is 3.68. The Morgan fingerprint density at radius 1 is 1.11 bits per heavy atom. The number of halogens is 2. The van der Waals surface area contributed by atoms with Crippen LogP contribution in [0.15, 0.2) is 0 Å². The molecular formula is C15H25F2NO. The minimum absolute atomic E-state index is 0.0133. The maximum Gasteiger partial charge on any atom is 0.248 e. The normalized spacial score (nSPS) is 35.6. The second-order valence-electron chi connectivity index (χ2n) is 6.40. The number of nitrogens with two attached hydrogens (primary N) is 1. The van der Waals surface area contributed by atoms with Gasteiger partial charge in [0, 0.05) is 31.2 Å². The summed E-state index contributed by atoms with van der Waals surface area (Å²) < 4.78 is 26.7. The van der Waals surface area contributed by atoms with Gasteiger partial charge in [0.05, 0.1) is 0 Å². The summed E-state index contributed by atoms with van der Waals surface area (Å²) in [6.45, 7) is 0. The van der Waals surface area contributed by atoms with Crippen LogP contribution in [-0.2, 0) is 4.79 Å². The second-order valence-corrected chi connectivity index (χ2v) is 6.40. The first kappa shape index (κ1) is 14.9. The summed E-state index contributed by atoms with van der Waals surface area (Å²) in [4.78, 5) is 12.3. The third-order valence-corrected chi connectivity index (χ3v) is 4.72. The first-order chi connectivity index (χ1) is 8.98. The second kappa shape index (κ2) is 6.29. The van der Waals surface area contributed by atoms with Crippen LogP contribution in [0.3, 0.4) is 0 Å². The molecule has 3 unspecified atom stereocenters. The van der Waals surface area contributed by atoms with Crippen molar-refractivity contribution < 1.29 is 13.6 Å². The van der Waals surface area contributed by atoms with Crippen molar-refractivity contribution in [3.05, 3.63) is 0 Å². The molecule has 0 bridgehead atoms. The summed E-state index contributed by atoms with van der Waals surface area (Å²) in [7, 11) is 0.